The second kappa shape index (κ2) is 5.07. The van der Waals surface area contributed by atoms with Crippen LogP contribution in [0.1, 0.15) is 0 Å². The van der Waals surface area contributed by atoms with Crippen LogP contribution < -0.4 is 0 Å². The van der Waals surface area contributed by atoms with Crippen molar-refractivity contribution in [1.29, 1.82) is 0 Å². The molecule has 10 heavy (non-hydrogen) atoms. The SMILES string of the molecule is O=[N+](OC(Cl)Cl)OC(Cl)Cl. The molecule has 4 nitrogen and oxygen atoms in total. The van der Waals surface area contributed by atoms with Crippen LogP contribution >= 0.6 is 46.4 Å². The Kier molecular flexibility index (Phi) is 5.25. The van der Waals surface area contributed by atoms with Crippen LogP contribution in [0.3, 0.4) is 0 Å². The molecule has 0 aromatic rings. The van der Waals surface area contributed by atoms with Gasteiger partial charge in [-0.1, -0.05) is 46.4 Å². The fourth-order valence-corrected chi connectivity index (χ4v) is 0.415. The molecule has 0 aliphatic carbocycles. The molecule has 0 radical (unpaired) electrons. The van der Waals surface area contributed by atoms with Crippen LogP contribution in [-0.4, -0.2) is 15.1 Å². The van der Waals surface area contributed by atoms with Crippen molar-refractivity contribution < 1.29 is 14.8 Å². The van der Waals surface area contributed by atoms with Gasteiger partial charge >= 0.3 is 15.1 Å². The highest BCUT2D eigenvalue weighted by Crippen LogP contribution is 2.08. The van der Waals surface area contributed by atoms with E-state index in [0.717, 1.165) is 0 Å². The minimum absolute atomic E-state index is 0.380. The smallest absolute Gasteiger partial charge is 0.149 e. The Labute approximate surface area is 76.4 Å². The Morgan fingerprint density at radius 2 is 1.30 bits per heavy atom. The fourth-order valence-electron chi connectivity index (χ4n) is 0.155. The van der Waals surface area contributed by atoms with E-state index < -0.39 is 10.0 Å². The molecule has 0 fully saturated rings. The van der Waals surface area contributed by atoms with Gasteiger partial charge in [-0.3, -0.25) is 0 Å². The number of hydrogen-bond donors (Lipinski definition) is 0. The summed E-state index contributed by atoms with van der Waals surface area (Å²) in [7, 11) is 0. The largest absolute Gasteiger partial charge is 0.483 e. The van der Waals surface area contributed by atoms with Gasteiger partial charge in [0.2, 0.25) is 0 Å². The van der Waals surface area contributed by atoms with E-state index in [9.17, 15) is 4.91 Å². The molecule has 0 aromatic carbocycles. The summed E-state index contributed by atoms with van der Waals surface area (Å²) < 4.78 is 0. The number of alkyl halides is 4. The van der Waals surface area contributed by atoms with E-state index in [0.29, 0.717) is 0 Å². The van der Waals surface area contributed by atoms with Gasteiger partial charge in [0, 0.05) is 0 Å². The highest BCUT2D eigenvalue weighted by Gasteiger charge is 2.21. The first-order valence-corrected chi connectivity index (χ1v) is 3.64. The summed E-state index contributed by atoms with van der Waals surface area (Å²) in [6.45, 7) is 0. The molecule has 0 unspecified atom stereocenters. The van der Waals surface area contributed by atoms with Crippen molar-refractivity contribution in [3.05, 3.63) is 4.91 Å². The van der Waals surface area contributed by atoms with Crippen LogP contribution in [-0.2, 0) is 9.68 Å². The summed E-state index contributed by atoms with van der Waals surface area (Å²) in [4.78, 5) is 18.2. The van der Waals surface area contributed by atoms with Crippen LogP contribution in [0.4, 0.5) is 0 Å². The lowest BCUT2D eigenvalue weighted by atomic mass is 11.6. The average molecular weight is 230 g/mol. The molecule has 0 atom stereocenters. The average Bonchev–Trinajstić information content (AvgIpc) is 1.58. The van der Waals surface area contributed by atoms with Crippen molar-refractivity contribution in [3.63, 3.8) is 0 Å². The Bertz CT molecular complexity index is 105. The Morgan fingerprint density at radius 1 is 1.00 bits per heavy atom. The summed E-state index contributed by atoms with van der Waals surface area (Å²) in [5.74, 6) is 0. The molecule has 0 saturated heterocycles. The summed E-state index contributed by atoms with van der Waals surface area (Å²) in [6, 6.07) is 0. The minimum Gasteiger partial charge on any atom is -0.149 e. The summed E-state index contributed by atoms with van der Waals surface area (Å²) >= 11 is 20.0. The van der Waals surface area contributed by atoms with Gasteiger partial charge in [-0.15, -0.1) is 9.68 Å². The molecule has 0 aliphatic heterocycles. The highest BCUT2D eigenvalue weighted by molar-refractivity contribution is 6.43. The molecule has 0 bridgehead atoms. The van der Waals surface area contributed by atoms with Crippen LogP contribution in [0, 0.1) is 4.91 Å². The van der Waals surface area contributed by atoms with E-state index in [1.54, 1.807) is 0 Å². The first-order valence-electron chi connectivity index (χ1n) is 1.89. The molecule has 8 heteroatoms. The van der Waals surface area contributed by atoms with Crippen molar-refractivity contribution in [3.8, 4) is 0 Å². The minimum atomic E-state index is -1.32. The standard InChI is InChI=1S/C2H2Cl4NO3/c3-1(4)9-7(8)10-2(5)6/h1-2H/q+1. The van der Waals surface area contributed by atoms with Crippen LogP contribution in [0.5, 0.6) is 0 Å². The van der Waals surface area contributed by atoms with Gasteiger partial charge in [0.25, 0.3) is 0 Å². The Morgan fingerprint density at radius 3 is 1.50 bits per heavy atom. The topological polar surface area (TPSA) is 38.5 Å². The third-order valence-corrected chi connectivity index (χ3v) is 0.650. The molecule has 0 heterocycles. The first-order chi connectivity index (χ1) is 4.52. The molecule has 0 aliphatic rings. The van der Waals surface area contributed by atoms with Crippen molar-refractivity contribution in [2.24, 2.45) is 0 Å². The van der Waals surface area contributed by atoms with Gasteiger partial charge in [0.15, 0.2) is 0 Å². The van der Waals surface area contributed by atoms with E-state index in [-0.39, 0.29) is 5.09 Å². The van der Waals surface area contributed by atoms with Gasteiger partial charge in [0.05, 0.1) is 0 Å². The Balaban J connectivity index is 3.44. The maximum atomic E-state index is 10.2. The van der Waals surface area contributed by atoms with Gasteiger partial charge in [-0.05, 0) is 0 Å². The van der Waals surface area contributed by atoms with Crippen molar-refractivity contribution in [2.45, 2.75) is 10.0 Å². The number of halogens is 4. The zero-order valence-corrected chi connectivity index (χ0v) is 7.36. The Hall–Kier alpha value is 0.360. The predicted molar refractivity (Wildman–Crippen MR) is 36.8 cm³/mol. The molecule has 60 valence electrons. The number of hydrogen-bond acceptors (Lipinski definition) is 3. The predicted octanol–water partition coefficient (Wildman–Crippen LogP) is 2.15. The van der Waals surface area contributed by atoms with Crippen LogP contribution in [0.2, 0.25) is 0 Å². The zero-order chi connectivity index (χ0) is 8.15. The maximum Gasteiger partial charge on any atom is 0.483 e. The monoisotopic (exact) mass is 228 g/mol. The third-order valence-electron chi connectivity index (χ3n) is 0.331. The van der Waals surface area contributed by atoms with Gasteiger partial charge in [0.1, 0.15) is 4.91 Å². The number of nitrogens with zero attached hydrogens (tertiary/aromatic N) is 1. The fraction of sp³-hybridized carbons (Fsp3) is 1.00. The van der Waals surface area contributed by atoms with Gasteiger partial charge in [-0.2, -0.15) is 0 Å². The van der Waals surface area contributed by atoms with Crippen molar-refractivity contribution in [2.75, 3.05) is 0 Å². The van der Waals surface area contributed by atoms with Crippen LogP contribution in [0.15, 0.2) is 0 Å². The zero-order valence-electron chi connectivity index (χ0n) is 4.34. The lowest BCUT2D eigenvalue weighted by Crippen LogP contribution is -2.14. The van der Waals surface area contributed by atoms with Gasteiger partial charge in [-0.25, -0.2) is 0 Å². The normalized spacial score (nSPS) is 10.2. The van der Waals surface area contributed by atoms with Crippen molar-refractivity contribution in [1.82, 2.24) is 0 Å². The summed E-state index contributed by atoms with van der Waals surface area (Å²) in [5.41, 5.74) is 0. The quantitative estimate of drug-likeness (QED) is 0.548. The molecule has 0 saturated carbocycles. The second-order valence-corrected chi connectivity index (χ2v) is 2.99. The molecule has 0 N–H and O–H groups in total. The number of rotatable bonds is 4. The molecule has 0 spiro atoms. The summed E-state index contributed by atoms with van der Waals surface area (Å²) in [5, 5.41) is -3.01. The van der Waals surface area contributed by atoms with Crippen LogP contribution in [0.25, 0.3) is 0 Å². The lowest BCUT2D eigenvalue weighted by Gasteiger charge is -1.92. The van der Waals surface area contributed by atoms with E-state index in [1.807, 2.05) is 0 Å². The first kappa shape index (κ1) is 10.4. The molecule has 0 amide bonds. The molecular formula is C2H2Cl4NO3+. The van der Waals surface area contributed by atoms with E-state index in [1.165, 1.54) is 0 Å². The maximum absolute atomic E-state index is 10.2. The van der Waals surface area contributed by atoms with E-state index in [4.69, 9.17) is 46.4 Å². The summed E-state index contributed by atoms with van der Waals surface area (Å²) in [6.07, 6.45) is 0. The van der Waals surface area contributed by atoms with E-state index >= 15 is 0 Å². The second-order valence-electron chi connectivity index (χ2n) is 0.956. The molecular weight excluding hydrogens is 228 g/mol. The highest BCUT2D eigenvalue weighted by atomic mass is 35.5. The molecule has 0 rings (SSSR count). The van der Waals surface area contributed by atoms with Gasteiger partial charge < -0.3 is 0 Å². The van der Waals surface area contributed by atoms with E-state index in [2.05, 4.69) is 9.68 Å². The molecule has 0 aromatic heterocycles. The van der Waals surface area contributed by atoms with Crippen molar-refractivity contribution >= 4 is 46.4 Å². The lowest BCUT2D eigenvalue weighted by molar-refractivity contribution is -0.981. The third kappa shape index (κ3) is 6.48.